The lowest BCUT2D eigenvalue weighted by Gasteiger charge is -2.21. The van der Waals surface area contributed by atoms with Crippen LogP contribution in [0.2, 0.25) is 0 Å². The average Bonchev–Trinajstić information content (AvgIpc) is 2.82. The van der Waals surface area contributed by atoms with Crippen LogP contribution >= 0.6 is 11.3 Å². The molecule has 110 valence electrons. The molecule has 1 aromatic rings. The molecule has 0 amide bonds. The van der Waals surface area contributed by atoms with Crippen LogP contribution in [0.3, 0.4) is 0 Å². The van der Waals surface area contributed by atoms with Crippen molar-refractivity contribution in [3.8, 4) is 0 Å². The van der Waals surface area contributed by atoms with Crippen molar-refractivity contribution in [3.05, 3.63) is 10.6 Å². The third-order valence-electron chi connectivity index (χ3n) is 3.27. The number of anilines is 1. The van der Waals surface area contributed by atoms with Gasteiger partial charge in [-0.05, 0) is 26.3 Å². The maximum absolute atomic E-state index is 4.86. The van der Waals surface area contributed by atoms with Crippen molar-refractivity contribution in [1.29, 1.82) is 0 Å². The van der Waals surface area contributed by atoms with E-state index in [4.69, 9.17) is 4.98 Å². The number of nitrogens with one attached hydrogen (secondary N) is 1. The third kappa shape index (κ3) is 5.11. The quantitative estimate of drug-likeness (QED) is 0.707. The van der Waals surface area contributed by atoms with Crippen LogP contribution in [0.5, 0.6) is 0 Å². The average molecular weight is 283 g/mol. The smallest absolute Gasteiger partial charge is 0.185 e. The van der Waals surface area contributed by atoms with Crippen molar-refractivity contribution < 1.29 is 0 Å². The Balaban J connectivity index is 2.80. The van der Waals surface area contributed by atoms with E-state index in [-0.39, 0.29) is 0 Å². The number of aryl methyl sites for hydroxylation is 1. The van der Waals surface area contributed by atoms with Gasteiger partial charge < -0.3 is 10.2 Å². The monoisotopic (exact) mass is 283 g/mol. The van der Waals surface area contributed by atoms with Gasteiger partial charge in [-0.15, -0.1) is 11.3 Å². The predicted molar refractivity (Wildman–Crippen MR) is 86.3 cm³/mol. The number of nitrogens with zero attached hydrogens (tertiary/aromatic N) is 2. The zero-order chi connectivity index (χ0) is 14.1. The Morgan fingerprint density at radius 3 is 2.21 bits per heavy atom. The standard InChI is InChI=1S/C15H29N3S/c1-5-8-10-18(11-9-6-2)15-17-13(7-3)14(19-15)12-16-4/h16H,5-12H2,1-4H3. The molecule has 0 unspecified atom stereocenters. The summed E-state index contributed by atoms with van der Waals surface area (Å²) in [6, 6.07) is 0. The second-order valence-electron chi connectivity index (χ2n) is 4.94. The largest absolute Gasteiger partial charge is 0.348 e. The minimum absolute atomic E-state index is 0.941. The van der Waals surface area contributed by atoms with E-state index >= 15 is 0 Å². The van der Waals surface area contributed by atoms with Crippen molar-refractivity contribution >= 4 is 16.5 Å². The highest BCUT2D eigenvalue weighted by molar-refractivity contribution is 7.15. The summed E-state index contributed by atoms with van der Waals surface area (Å²) < 4.78 is 0. The second-order valence-corrected chi connectivity index (χ2v) is 6.01. The van der Waals surface area contributed by atoms with Gasteiger partial charge in [0.2, 0.25) is 0 Å². The topological polar surface area (TPSA) is 28.2 Å². The summed E-state index contributed by atoms with van der Waals surface area (Å²) in [7, 11) is 2.00. The molecule has 0 aliphatic heterocycles. The maximum Gasteiger partial charge on any atom is 0.185 e. The first-order valence-electron chi connectivity index (χ1n) is 7.64. The van der Waals surface area contributed by atoms with E-state index < -0.39 is 0 Å². The minimum atomic E-state index is 0.941. The van der Waals surface area contributed by atoms with Crippen molar-refractivity contribution in [2.75, 3.05) is 25.0 Å². The molecule has 1 aromatic heterocycles. The van der Waals surface area contributed by atoms with E-state index in [9.17, 15) is 0 Å². The number of rotatable bonds is 10. The summed E-state index contributed by atoms with van der Waals surface area (Å²) >= 11 is 1.87. The fourth-order valence-corrected chi connectivity index (χ4v) is 3.29. The Bertz CT molecular complexity index is 341. The fraction of sp³-hybridized carbons (Fsp3) is 0.800. The molecule has 0 radical (unpaired) electrons. The molecule has 0 saturated heterocycles. The van der Waals surface area contributed by atoms with Crippen molar-refractivity contribution in [1.82, 2.24) is 10.3 Å². The Labute approximate surface area is 122 Å². The first-order chi connectivity index (χ1) is 9.26. The zero-order valence-electron chi connectivity index (χ0n) is 13.0. The number of thiazole rings is 1. The van der Waals surface area contributed by atoms with E-state index in [1.807, 2.05) is 18.4 Å². The molecule has 1 rings (SSSR count). The SMILES string of the molecule is CCCCN(CCCC)c1nc(CC)c(CNC)s1. The minimum Gasteiger partial charge on any atom is -0.348 e. The molecule has 0 spiro atoms. The van der Waals surface area contributed by atoms with Gasteiger partial charge in [0.25, 0.3) is 0 Å². The first-order valence-corrected chi connectivity index (χ1v) is 8.46. The molecule has 0 aromatic carbocycles. The van der Waals surface area contributed by atoms with Crippen LogP contribution in [0.15, 0.2) is 0 Å². The summed E-state index contributed by atoms with van der Waals surface area (Å²) in [6.45, 7) is 9.93. The van der Waals surface area contributed by atoms with Gasteiger partial charge in [-0.1, -0.05) is 33.6 Å². The summed E-state index contributed by atoms with van der Waals surface area (Å²) in [6.07, 6.45) is 6.04. The molecule has 0 bridgehead atoms. The molecule has 1 N–H and O–H groups in total. The molecule has 19 heavy (non-hydrogen) atoms. The van der Waals surface area contributed by atoms with Crippen LogP contribution in [0.1, 0.15) is 57.0 Å². The molecule has 0 aliphatic rings. The van der Waals surface area contributed by atoms with Gasteiger partial charge in [-0.25, -0.2) is 4.98 Å². The molecule has 0 fully saturated rings. The van der Waals surface area contributed by atoms with Crippen molar-refractivity contribution in [2.24, 2.45) is 0 Å². The van der Waals surface area contributed by atoms with Crippen LogP contribution in [0, 0.1) is 0 Å². The first kappa shape index (κ1) is 16.4. The van der Waals surface area contributed by atoms with Gasteiger partial charge in [0.1, 0.15) is 0 Å². The molecule has 4 heteroatoms. The molecule has 3 nitrogen and oxygen atoms in total. The van der Waals surface area contributed by atoms with E-state index in [0.717, 1.165) is 26.1 Å². The van der Waals surface area contributed by atoms with Crippen molar-refractivity contribution in [3.63, 3.8) is 0 Å². The number of aromatic nitrogens is 1. The lowest BCUT2D eigenvalue weighted by Crippen LogP contribution is -2.25. The highest BCUT2D eigenvalue weighted by Crippen LogP contribution is 2.27. The van der Waals surface area contributed by atoms with Crippen LogP contribution < -0.4 is 10.2 Å². The van der Waals surface area contributed by atoms with Gasteiger partial charge in [-0.3, -0.25) is 0 Å². The van der Waals surface area contributed by atoms with Gasteiger partial charge in [0, 0.05) is 24.5 Å². The molecule has 0 aliphatic carbocycles. The maximum atomic E-state index is 4.86. The Hall–Kier alpha value is -0.610. The van der Waals surface area contributed by atoms with E-state index in [1.54, 1.807) is 0 Å². The van der Waals surface area contributed by atoms with Gasteiger partial charge in [0.15, 0.2) is 5.13 Å². The lowest BCUT2D eigenvalue weighted by atomic mass is 10.3. The summed E-state index contributed by atoms with van der Waals surface area (Å²) in [5.41, 5.74) is 1.27. The Kier molecular flexibility index (Phi) is 8.07. The molecular formula is C15H29N3S. The summed E-state index contributed by atoms with van der Waals surface area (Å²) in [5, 5.41) is 4.48. The van der Waals surface area contributed by atoms with E-state index in [0.29, 0.717) is 0 Å². The van der Waals surface area contributed by atoms with E-state index in [2.05, 4.69) is 31.0 Å². The van der Waals surface area contributed by atoms with Crippen LogP contribution in [0.25, 0.3) is 0 Å². The van der Waals surface area contributed by atoms with Crippen molar-refractivity contribution in [2.45, 2.75) is 59.4 Å². The second kappa shape index (κ2) is 9.32. The number of hydrogen-bond acceptors (Lipinski definition) is 4. The highest BCUT2D eigenvalue weighted by Gasteiger charge is 2.14. The number of hydrogen-bond donors (Lipinski definition) is 1. The lowest BCUT2D eigenvalue weighted by molar-refractivity contribution is 0.675. The third-order valence-corrected chi connectivity index (χ3v) is 4.43. The molecular weight excluding hydrogens is 254 g/mol. The molecule has 0 atom stereocenters. The van der Waals surface area contributed by atoms with Crippen LogP contribution in [-0.2, 0) is 13.0 Å². The molecule has 1 heterocycles. The van der Waals surface area contributed by atoms with Gasteiger partial charge in [0.05, 0.1) is 5.69 Å². The summed E-state index contributed by atoms with van der Waals surface area (Å²) in [4.78, 5) is 8.74. The zero-order valence-corrected chi connectivity index (χ0v) is 13.8. The fourth-order valence-electron chi connectivity index (χ4n) is 2.08. The normalized spacial score (nSPS) is 10.9. The number of unbranched alkanes of at least 4 members (excludes halogenated alkanes) is 2. The van der Waals surface area contributed by atoms with E-state index in [1.165, 1.54) is 41.4 Å². The Morgan fingerprint density at radius 2 is 1.74 bits per heavy atom. The van der Waals surface area contributed by atoms with Gasteiger partial charge in [-0.2, -0.15) is 0 Å². The van der Waals surface area contributed by atoms with Gasteiger partial charge >= 0.3 is 0 Å². The van der Waals surface area contributed by atoms with Crippen LogP contribution in [-0.4, -0.2) is 25.1 Å². The highest BCUT2D eigenvalue weighted by atomic mass is 32.1. The van der Waals surface area contributed by atoms with Crippen LogP contribution in [0.4, 0.5) is 5.13 Å². The Morgan fingerprint density at radius 1 is 1.11 bits per heavy atom. The molecule has 0 saturated carbocycles. The predicted octanol–water partition coefficient (Wildman–Crippen LogP) is 3.83. The summed E-state index contributed by atoms with van der Waals surface area (Å²) in [5.74, 6) is 0.